The van der Waals surface area contributed by atoms with Crippen LogP contribution in [0.5, 0.6) is 0 Å². The van der Waals surface area contributed by atoms with Crippen molar-refractivity contribution in [2.45, 2.75) is 74.7 Å². The molecule has 1 heterocycles. The SMILES string of the molecule is CCCCOC(=O)C(C)Sc1nnc(C2CC2)n1C1CC1. The first-order valence-electron chi connectivity index (χ1n) is 7.98. The van der Waals surface area contributed by atoms with E-state index in [4.69, 9.17) is 4.74 Å². The van der Waals surface area contributed by atoms with Gasteiger partial charge in [0.05, 0.1) is 6.61 Å². The minimum atomic E-state index is -0.226. The van der Waals surface area contributed by atoms with Crippen LogP contribution in [0.15, 0.2) is 5.16 Å². The molecule has 0 amide bonds. The van der Waals surface area contributed by atoms with Gasteiger partial charge in [-0.3, -0.25) is 4.79 Å². The third-order valence-corrected chi connectivity index (χ3v) is 4.94. The zero-order valence-electron chi connectivity index (χ0n) is 12.7. The molecule has 2 aliphatic carbocycles. The topological polar surface area (TPSA) is 57.0 Å². The van der Waals surface area contributed by atoms with Crippen molar-refractivity contribution in [2.24, 2.45) is 0 Å². The predicted octanol–water partition coefficient (Wildman–Crippen LogP) is 3.31. The summed E-state index contributed by atoms with van der Waals surface area (Å²) in [6, 6.07) is 0.557. The van der Waals surface area contributed by atoms with Gasteiger partial charge in [-0.1, -0.05) is 25.1 Å². The summed E-state index contributed by atoms with van der Waals surface area (Å²) in [4.78, 5) is 12.0. The molecule has 0 N–H and O–H groups in total. The second-order valence-corrected chi connectivity index (χ2v) is 7.31. The van der Waals surface area contributed by atoms with Gasteiger partial charge >= 0.3 is 5.97 Å². The Morgan fingerprint density at radius 3 is 2.76 bits per heavy atom. The maximum absolute atomic E-state index is 12.0. The van der Waals surface area contributed by atoms with Crippen LogP contribution in [0.1, 0.15) is 70.2 Å². The van der Waals surface area contributed by atoms with Gasteiger partial charge in [-0.15, -0.1) is 10.2 Å². The summed E-state index contributed by atoms with van der Waals surface area (Å²) in [5.41, 5.74) is 0. The smallest absolute Gasteiger partial charge is 0.319 e. The van der Waals surface area contributed by atoms with Gasteiger partial charge in [0.15, 0.2) is 5.16 Å². The molecule has 21 heavy (non-hydrogen) atoms. The van der Waals surface area contributed by atoms with E-state index in [9.17, 15) is 4.79 Å². The number of rotatable bonds is 8. The highest BCUT2D eigenvalue weighted by molar-refractivity contribution is 8.00. The molecule has 3 rings (SSSR count). The Kier molecular flexibility index (Phi) is 4.52. The van der Waals surface area contributed by atoms with Gasteiger partial charge in [-0.05, 0) is 39.0 Å². The summed E-state index contributed by atoms with van der Waals surface area (Å²) in [7, 11) is 0. The van der Waals surface area contributed by atoms with E-state index in [1.165, 1.54) is 37.4 Å². The van der Waals surface area contributed by atoms with Crippen LogP contribution in [0.2, 0.25) is 0 Å². The third kappa shape index (κ3) is 3.59. The van der Waals surface area contributed by atoms with Crippen LogP contribution < -0.4 is 0 Å². The van der Waals surface area contributed by atoms with Crippen LogP contribution in [0, 0.1) is 0 Å². The van der Waals surface area contributed by atoms with Crippen molar-refractivity contribution in [2.75, 3.05) is 6.61 Å². The van der Waals surface area contributed by atoms with Crippen molar-refractivity contribution in [1.82, 2.24) is 14.8 Å². The molecule has 5 nitrogen and oxygen atoms in total. The van der Waals surface area contributed by atoms with Crippen LogP contribution >= 0.6 is 11.8 Å². The molecule has 1 atom stereocenters. The number of esters is 1. The summed E-state index contributed by atoms with van der Waals surface area (Å²) >= 11 is 1.49. The molecule has 1 unspecified atom stereocenters. The maximum atomic E-state index is 12.0. The number of thioether (sulfide) groups is 1. The van der Waals surface area contributed by atoms with Gasteiger partial charge in [0.1, 0.15) is 11.1 Å². The van der Waals surface area contributed by atoms with E-state index in [0.29, 0.717) is 18.6 Å². The molecule has 0 aliphatic heterocycles. The highest BCUT2D eigenvalue weighted by Crippen LogP contribution is 2.46. The Labute approximate surface area is 129 Å². The summed E-state index contributed by atoms with van der Waals surface area (Å²) in [6.07, 6.45) is 6.83. The van der Waals surface area contributed by atoms with Crippen LogP contribution in [-0.4, -0.2) is 32.6 Å². The van der Waals surface area contributed by atoms with E-state index in [2.05, 4.69) is 21.7 Å². The van der Waals surface area contributed by atoms with Crippen molar-refractivity contribution >= 4 is 17.7 Å². The van der Waals surface area contributed by atoms with Crippen molar-refractivity contribution in [1.29, 1.82) is 0 Å². The molecule has 116 valence electrons. The quantitative estimate of drug-likeness (QED) is 0.419. The normalized spacial score (nSPS) is 19.5. The zero-order valence-corrected chi connectivity index (χ0v) is 13.6. The molecule has 2 aliphatic rings. The number of nitrogens with zero attached hydrogens (tertiary/aromatic N) is 3. The fraction of sp³-hybridized carbons (Fsp3) is 0.800. The fourth-order valence-electron chi connectivity index (χ4n) is 2.31. The predicted molar refractivity (Wildman–Crippen MR) is 81.5 cm³/mol. The lowest BCUT2D eigenvalue weighted by Crippen LogP contribution is -2.18. The summed E-state index contributed by atoms with van der Waals surface area (Å²) in [5, 5.41) is 9.35. The number of aromatic nitrogens is 3. The van der Waals surface area contributed by atoms with Crippen molar-refractivity contribution in [3.63, 3.8) is 0 Å². The van der Waals surface area contributed by atoms with Gasteiger partial charge in [0, 0.05) is 12.0 Å². The Morgan fingerprint density at radius 1 is 1.38 bits per heavy atom. The molecule has 2 fully saturated rings. The number of carbonyl (C=O) groups is 1. The molecular formula is C15H23N3O2S. The van der Waals surface area contributed by atoms with E-state index < -0.39 is 0 Å². The van der Waals surface area contributed by atoms with Gasteiger partial charge in [-0.2, -0.15) is 0 Å². The number of unbranched alkanes of at least 4 members (excludes halogenated alkanes) is 1. The Morgan fingerprint density at radius 2 is 2.14 bits per heavy atom. The van der Waals surface area contributed by atoms with Crippen LogP contribution in [0.3, 0.4) is 0 Å². The van der Waals surface area contributed by atoms with E-state index >= 15 is 0 Å². The second kappa shape index (κ2) is 6.38. The number of ether oxygens (including phenoxy) is 1. The number of hydrogen-bond donors (Lipinski definition) is 0. The van der Waals surface area contributed by atoms with E-state index in [1.54, 1.807) is 0 Å². The van der Waals surface area contributed by atoms with Crippen molar-refractivity contribution in [3.8, 4) is 0 Å². The number of hydrogen-bond acceptors (Lipinski definition) is 5. The first-order chi connectivity index (χ1) is 10.2. The third-order valence-electron chi connectivity index (χ3n) is 3.90. The Bertz CT molecular complexity index is 509. The summed E-state index contributed by atoms with van der Waals surface area (Å²) in [5.74, 6) is 1.58. The van der Waals surface area contributed by atoms with Gasteiger partial charge in [0.2, 0.25) is 0 Å². The Balaban J connectivity index is 1.62. The molecule has 0 radical (unpaired) electrons. The van der Waals surface area contributed by atoms with Gasteiger partial charge < -0.3 is 9.30 Å². The molecular weight excluding hydrogens is 286 g/mol. The standard InChI is InChI=1S/C15H23N3O2S/c1-3-4-9-20-14(19)10(2)21-15-17-16-13(11-5-6-11)18(15)12-7-8-12/h10-12H,3-9H2,1-2H3. The van der Waals surface area contributed by atoms with E-state index in [0.717, 1.165) is 23.8 Å². The van der Waals surface area contributed by atoms with Crippen LogP contribution in [-0.2, 0) is 9.53 Å². The molecule has 6 heteroatoms. The Hall–Kier alpha value is -1.04. The number of carbonyl (C=O) groups excluding carboxylic acids is 1. The first-order valence-corrected chi connectivity index (χ1v) is 8.86. The first kappa shape index (κ1) is 14.9. The molecule has 1 aromatic heterocycles. The average molecular weight is 309 g/mol. The lowest BCUT2D eigenvalue weighted by atomic mass is 10.4. The van der Waals surface area contributed by atoms with Crippen molar-refractivity contribution < 1.29 is 9.53 Å². The molecule has 0 bridgehead atoms. The molecule has 1 aromatic rings. The molecule has 2 saturated carbocycles. The highest BCUT2D eigenvalue weighted by Gasteiger charge is 2.37. The summed E-state index contributed by atoms with van der Waals surface area (Å²) in [6.45, 7) is 4.49. The minimum Gasteiger partial charge on any atom is -0.465 e. The molecule has 0 aromatic carbocycles. The maximum Gasteiger partial charge on any atom is 0.319 e. The minimum absolute atomic E-state index is 0.147. The lowest BCUT2D eigenvalue weighted by molar-refractivity contribution is -0.142. The second-order valence-electron chi connectivity index (χ2n) is 6.00. The van der Waals surface area contributed by atoms with E-state index in [-0.39, 0.29) is 11.2 Å². The van der Waals surface area contributed by atoms with Gasteiger partial charge in [0.25, 0.3) is 0 Å². The average Bonchev–Trinajstić information content (AvgIpc) is 3.38. The highest BCUT2D eigenvalue weighted by atomic mass is 32.2. The molecule has 0 spiro atoms. The van der Waals surface area contributed by atoms with Gasteiger partial charge in [-0.25, -0.2) is 0 Å². The lowest BCUT2D eigenvalue weighted by Gasteiger charge is -2.12. The molecule has 0 saturated heterocycles. The van der Waals surface area contributed by atoms with Crippen LogP contribution in [0.25, 0.3) is 0 Å². The fourth-order valence-corrected chi connectivity index (χ4v) is 3.23. The zero-order chi connectivity index (χ0) is 14.8. The monoisotopic (exact) mass is 309 g/mol. The largest absolute Gasteiger partial charge is 0.465 e. The van der Waals surface area contributed by atoms with E-state index in [1.807, 2.05) is 6.92 Å². The summed E-state index contributed by atoms with van der Waals surface area (Å²) < 4.78 is 7.56. The van der Waals surface area contributed by atoms with Crippen molar-refractivity contribution in [3.05, 3.63) is 5.82 Å². The van der Waals surface area contributed by atoms with Crippen LogP contribution in [0.4, 0.5) is 0 Å².